The smallest absolute Gasteiger partial charge is 0.228 e. The van der Waals surface area contributed by atoms with E-state index in [4.69, 9.17) is 9.26 Å². The van der Waals surface area contributed by atoms with Crippen molar-refractivity contribution in [1.29, 1.82) is 0 Å². The van der Waals surface area contributed by atoms with Crippen LogP contribution in [0.4, 0.5) is 0 Å². The highest BCUT2D eigenvalue weighted by Gasteiger charge is 2.32. The largest absolute Gasteiger partial charge is 0.374 e. The van der Waals surface area contributed by atoms with Crippen LogP contribution in [0.15, 0.2) is 4.52 Å². The third kappa shape index (κ3) is 2.90. The maximum atomic E-state index is 5.34. The Bertz CT molecular complexity index is 372. The predicted molar refractivity (Wildman–Crippen MR) is 68.3 cm³/mol. The third-order valence-corrected chi connectivity index (χ3v) is 4.03. The molecule has 5 nitrogen and oxygen atoms in total. The lowest BCUT2D eigenvalue weighted by Crippen LogP contribution is -2.46. The van der Waals surface area contributed by atoms with Crippen LogP contribution in [0.5, 0.6) is 0 Å². The van der Waals surface area contributed by atoms with E-state index in [9.17, 15) is 0 Å². The fourth-order valence-corrected chi connectivity index (χ4v) is 2.64. The van der Waals surface area contributed by atoms with Crippen molar-refractivity contribution in [3.8, 4) is 0 Å². The molecule has 0 radical (unpaired) electrons. The highest BCUT2D eigenvalue weighted by molar-refractivity contribution is 4.99. The molecule has 5 heteroatoms. The van der Waals surface area contributed by atoms with Crippen LogP contribution in [0.3, 0.4) is 0 Å². The van der Waals surface area contributed by atoms with Crippen LogP contribution in [0.2, 0.25) is 0 Å². The lowest BCUT2D eigenvalue weighted by atomic mass is 9.79. The molecule has 0 saturated heterocycles. The molecule has 1 heterocycles. The zero-order valence-electron chi connectivity index (χ0n) is 11.5. The van der Waals surface area contributed by atoms with E-state index in [0.29, 0.717) is 11.7 Å². The molecule has 0 aromatic carbocycles. The Morgan fingerprint density at radius 3 is 2.72 bits per heavy atom. The molecule has 1 N–H and O–H groups in total. The summed E-state index contributed by atoms with van der Waals surface area (Å²) in [4.78, 5) is 4.43. The molecule has 102 valence electrons. The average molecular weight is 253 g/mol. The summed E-state index contributed by atoms with van der Waals surface area (Å²) in [5.74, 6) is 1.35. The molecule has 18 heavy (non-hydrogen) atoms. The van der Waals surface area contributed by atoms with E-state index in [0.717, 1.165) is 6.42 Å². The maximum Gasteiger partial charge on any atom is 0.228 e. The van der Waals surface area contributed by atoms with E-state index >= 15 is 0 Å². The summed E-state index contributed by atoms with van der Waals surface area (Å²) in [6.45, 7) is 1.92. The fourth-order valence-electron chi connectivity index (χ4n) is 2.64. The molecule has 1 atom stereocenters. The highest BCUT2D eigenvalue weighted by Crippen LogP contribution is 2.30. The summed E-state index contributed by atoms with van der Waals surface area (Å²) >= 11 is 0. The number of methoxy groups -OCH3 is 1. The van der Waals surface area contributed by atoms with Gasteiger partial charge in [-0.05, 0) is 26.8 Å². The lowest BCUT2D eigenvalue weighted by Gasteiger charge is -2.36. The minimum atomic E-state index is -0.112. The lowest BCUT2D eigenvalue weighted by molar-refractivity contribution is 0.109. The molecule has 1 aromatic rings. The van der Waals surface area contributed by atoms with E-state index in [1.54, 1.807) is 7.11 Å². The van der Waals surface area contributed by atoms with Gasteiger partial charge in [0, 0.05) is 19.1 Å². The number of ether oxygens (including phenoxy) is 1. The summed E-state index contributed by atoms with van der Waals surface area (Å²) in [6.07, 6.45) is 6.94. The van der Waals surface area contributed by atoms with Gasteiger partial charge in [-0.3, -0.25) is 0 Å². The first-order valence-corrected chi connectivity index (χ1v) is 6.73. The second-order valence-electron chi connectivity index (χ2n) is 5.19. The van der Waals surface area contributed by atoms with Crippen LogP contribution in [0.25, 0.3) is 0 Å². The van der Waals surface area contributed by atoms with Crippen molar-refractivity contribution < 1.29 is 9.26 Å². The van der Waals surface area contributed by atoms with E-state index in [2.05, 4.69) is 15.5 Å². The van der Waals surface area contributed by atoms with Crippen molar-refractivity contribution in [2.24, 2.45) is 0 Å². The van der Waals surface area contributed by atoms with Gasteiger partial charge in [-0.1, -0.05) is 24.4 Å². The molecule has 1 saturated carbocycles. The van der Waals surface area contributed by atoms with Gasteiger partial charge in [-0.25, -0.2) is 0 Å². The first-order valence-electron chi connectivity index (χ1n) is 6.73. The minimum Gasteiger partial charge on any atom is -0.374 e. The maximum absolute atomic E-state index is 5.34. The summed E-state index contributed by atoms with van der Waals surface area (Å²) in [5, 5.41) is 7.44. The van der Waals surface area contributed by atoms with Gasteiger partial charge >= 0.3 is 0 Å². The number of hydrogen-bond donors (Lipinski definition) is 1. The summed E-state index contributed by atoms with van der Waals surface area (Å²) in [7, 11) is 3.68. The first kappa shape index (κ1) is 13.5. The first-order chi connectivity index (χ1) is 8.69. The third-order valence-electron chi connectivity index (χ3n) is 4.03. The van der Waals surface area contributed by atoms with E-state index < -0.39 is 0 Å². The second kappa shape index (κ2) is 5.80. The Balaban J connectivity index is 2.05. The molecule has 0 spiro atoms. The normalized spacial score (nSPS) is 20.8. The van der Waals surface area contributed by atoms with Crippen molar-refractivity contribution in [2.75, 3.05) is 14.2 Å². The van der Waals surface area contributed by atoms with Crippen molar-refractivity contribution in [2.45, 2.75) is 57.1 Å². The second-order valence-corrected chi connectivity index (χ2v) is 5.19. The number of aromatic nitrogens is 2. The topological polar surface area (TPSA) is 60.2 Å². The van der Waals surface area contributed by atoms with Gasteiger partial charge in [0.05, 0.1) is 0 Å². The van der Waals surface area contributed by atoms with Crippen molar-refractivity contribution in [1.82, 2.24) is 15.5 Å². The number of nitrogens with zero attached hydrogens (tertiary/aromatic N) is 2. The standard InChI is InChI=1S/C13H23N3O2/c1-10(17-3)12-15-11(18-16-12)9-13(14-2)7-5-4-6-8-13/h10,14H,4-9H2,1-3H3. The molecule has 2 rings (SSSR count). The average Bonchev–Trinajstić information content (AvgIpc) is 2.87. The van der Waals surface area contributed by atoms with Crippen LogP contribution in [0, 0.1) is 0 Å². The molecule has 0 amide bonds. The van der Waals surface area contributed by atoms with Crippen LogP contribution in [0.1, 0.15) is 56.8 Å². The predicted octanol–water partition coefficient (Wildman–Crippen LogP) is 2.24. The Kier molecular flexibility index (Phi) is 4.35. The van der Waals surface area contributed by atoms with E-state index in [-0.39, 0.29) is 11.6 Å². The molecular formula is C13H23N3O2. The molecule has 1 fully saturated rings. The Labute approximate surface area is 108 Å². The molecule has 0 bridgehead atoms. The van der Waals surface area contributed by atoms with Crippen LogP contribution in [-0.2, 0) is 11.2 Å². The zero-order chi connectivity index (χ0) is 13.0. The molecule has 1 aliphatic rings. The summed E-state index contributed by atoms with van der Waals surface area (Å²) < 4.78 is 10.5. The van der Waals surface area contributed by atoms with Crippen LogP contribution >= 0.6 is 0 Å². The van der Waals surface area contributed by atoms with Crippen LogP contribution in [-0.4, -0.2) is 29.8 Å². The van der Waals surface area contributed by atoms with Gasteiger partial charge in [-0.15, -0.1) is 0 Å². The molecule has 1 aromatic heterocycles. The zero-order valence-corrected chi connectivity index (χ0v) is 11.5. The molecule has 1 aliphatic carbocycles. The minimum absolute atomic E-state index is 0.112. The quantitative estimate of drug-likeness (QED) is 0.872. The number of hydrogen-bond acceptors (Lipinski definition) is 5. The Hall–Kier alpha value is -0.940. The Morgan fingerprint density at radius 1 is 1.39 bits per heavy atom. The molecule has 1 unspecified atom stereocenters. The van der Waals surface area contributed by atoms with Crippen molar-refractivity contribution in [3.05, 3.63) is 11.7 Å². The SMILES string of the molecule is CNC1(Cc2nc(C(C)OC)no2)CCCCC1. The Morgan fingerprint density at radius 2 is 2.11 bits per heavy atom. The van der Waals surface area contributed by atoms with Gasteiger partial charge in [0.2, 0.25) is 5.89 Å². The van der Waals surface area contributed by atoms with Crippen LogP contribution < -0.4 is 5.32 Å². The van der Waals surface area contributed by atoms with Gasteiger partial charge in [0.1, 0.15) is 6.10 Å². The number of likely N-dealkylation sites (N-methyl/N-ethyl adjacent to an activating group) is 1. The van der Waals surface area contributed by atoms with E-state index in [1.165, 1.54) is 32.1 Å². The fraction of sp³-hybridized carbons (Fsp3) is 0.846. The van der Waals surface area contributed by atoms with Gasteiger partial charge < -0.3 is 14.6 Å². The molecule has 0 aliphatic heterocycles. The van der Waals surface area contributed by atoms with Crippen molar-refractivity contribution >= 4 is 0 Å². The monoisotopic (exact) mass is 253 g/mol. The van der Waals surface area contributed by atoms with Gasteiger partial charge in [0.25, 0.3) is 0 Å². The summed E-state index contributed by atoms with van der Waals surface area (Å²) in [6, 6.07) is 0. The molecular weight excluding hydrogens is 230 g/mol. The van der Waals surface area contributed by atoms with E-state index in [1.807, 2.05) is 14.0 Å². The van der Waals surface area contributed by atoms with Gasteiger partial charge in [0.15, 0.2) is 5.82 Å². The number of nitrogens with one attached hydrogen (secondary N) is 1. The van der Waals surface area contributed by atoms with Crippen molar-refractivity contribution in [3.63, 3.8) is 0 Å². The number of rotatable bonds is 5. The highest BCUT2D eigenvalue weighted by atomic mass is 16.5. The summed E-state index contributed by atoms with van der Waals surface area (Å²) in [5.41, 5.74) is 0.137. The van der Waals surface area contributed by atoms with Gasteiger partial charge in [-0.2, -0.15) is 4.98 Å².